The number of dihydropyridines is 2. The molecule has 2 atom stereocenters. The number of phenols is 1. The molecule has 3 heterocycles. The van der Waals surface area contributed by atoms with E-state index in [0.717, 1.165) is 22.5 Å². The van der Waals surface area contributed by atoms with Crippen LogP contribution in [-0.2, 0) is 9.59 Å². The van der Waals surface area contributed by atoms with E-state index in [0.29, 0.717) is 71.1 Å². The molecule has 2 unspecified atom stereocenters. The number of hydrogen-bond acceptors (Lipinski definition) is 10. The molecule has 0 bridgehead atoms. The fraction of sp³-hybridized carbons (Fsp3) is 0.213. The van der Waals surface area contributed by atoms with Gasteiger partial charge >= 0.3 is 0 Å². The first-order valence-corrected chi connectivity index (χ1v) is 19.0. The first kappa shape index (κ1) is 35.9. The summed E-state index contributed by atoms with van der Waals surface area (Å²) in [7, 11) is 0. The van der Waals surface area contributed by atoms with Gasteiger partial charge in [-0.05, 0) is 60.1 Å². The summed E-state index contributed by atoms with van der Waals surface area (Å²) in [5.41, 5.74) is 6.44. The van der Waals surface area contributed by atoms with Crippen LogP contribution in [-0.4, -0.2) is 44.8 Å². The van der Waals surface area contributed by atoms with E-state index in [2.05, 4.69) is 15.6 Å². The minimum atomic E-state index is -0.607. The minimum absolute atomic E-state index is 0.00233. The molecule has 1 aromatic heterocycles. The number of Topliss-reactive ketones (excluding diaryl/α,β-unsaturated/α-hetero) is 6. The third kappa shape index (κ3) is 5.82. The number of benzene rings is 3. The van der Waals surface area contributed by atoms with Crippen LogP contribution in [0.4, 0.5) is 0 Å². The maximum atomic E-state index is 13.4. The fourth-order valence-electron chi connectivity index (χ4n) is 9.14. The van der Waals surface area contributed by atoms with E-state index in [9.17, 15) is 33.9 Å². The van der Waals surface area contributed by atoms with Crippen molar-refractivity contribution in [3.05, 3.63) is 176 Å². The molecular weight excluding hydrogens is 719 g/mol. The normalized spacial score (nSPS) is 21.9. The van der Waals surface area contributed by atoms with Crippen molar-refractivity contribution in [2.75, 3.05) is 0 Å². The van der Waals surface area contributed by atoms with Crippen molar-refractivity contribution < 1.29 is 33.9 Å². The Labute approximate surface area is 328 Å². The van der Waals surface area contributed by atoms with Gasteiger partial charge in [0.2, 0.25) is 17.3 Å². The van der Waals surface area contributed by atoms with E-state index in [-0.39, 0.29) is 63.0 Å². The quantitative estimate of drug-likeness (QED) is 0.192. The van der Waals surface area contributed by atoms with Crippen molar-refractivity contribution in [1.82, 2.24) is 15.6 Å². The summed E-state index contributed by atoms with van der Waals surface area (Å²) in [6.07, 6.45) is 4.38. The maximum absolute atomic E-state index is 13.4. The van der Waals surface area contributed by atoms with Gasteiger partial charge in [-0.3, -0.25) is 33.8 Å². The summed E-state index contributed by atoms with van der Waals surface area (Å²) in [6.45, 7) is 4.09. The molecule has 10 heteroatoms. The largest absolute Gasteiger partial charge is 0.508 e. The molecule has 10 rings (SSSR count). The number of nitrogens with zero attached hydrogens (tertiary/aromatic N) is 1. The number of aromatic nitrogens is 1. The van der Waals surface area contributed by atoms with Crippen LogP contribution >= 0.6 is 0 Å². The van der Waals surface area contributed by atoms with Gasteiger partial charge in [0, 0.05) is 75.7 Å². The highest BCUT2D eigenvalue weighted by molar-refractivity contribution is 6.29. The number of phenolic OH excluding ortho intramolecular Hbond substituents is 1. The lowest BCUT2D eigenvalue weighted by atomic mass is 9.66. The molecule has 10 nitrogen and oxygen atoms in total. The average Bonchev–Trinajstić information content (AvgIpc) is 3.21. The third-order valence-corrected chi connectivity index (χ3v) is 11.6. The predicted molar refractivity (Wildman–Crippen MR) is 209 cm³/mol. The zero-order valence-corrected chi connectivity index (χ0v) is 31.3. The Hall–Kier alpha value is -6.81. The van der Waals surface area contributed by atoms with Gasteiger partial charge in [0.1, 0.15) is 11.4 Å². The summed E-state index contributed by atoms with van der Waals surface area (Å²) in [5.74, 6) is -2.03. The van der Waals surface area contributed by atoms with E-state index >= 15 is 0 Å². The first-order chi connectivity index (χ1) is 27.4. The van der Waals surface area contributed by atoms with E-state index < -0.39 is 11.8 Å². The highest BCUT2D eigenvalue weighted by Gasteiger charge is 2.48. The summed E-state index contributed by atoms with van der Waals surface area (Å²) < 4.78 is 0. The Bertz CT molecular complexity index is 2640. The highest BCUT2D eigenvalue weighted by Crippen LogP contribution is 2.49. The Balaban J connectivity index is 0.000000148. The molecule has 0 radical (unpaired) electrons. The van der Waals surface area contributed by atoms with Crippen molar-refractivity contribution >= 4 is 34.7 Å². The summed E-state index contributed by atoms with van der Waals surface area (Å²) >= 11 is 0. The van der Waals surface area contributed by atoms with E-state index in [4.69, 9.17) is 0 Å². The average molecular weight is 756 g/mol. The molecular formula is C47H37N3O7. The van der Waals surface area contributed by atoms with Crippen LogP contribution in [0.25, 0.3) is 0 Å². The Kier molecular flexibility index (Phi) is 8.46. The summed E-state index contributed by atoms with van der Waals surface area (Å²) in [4.78, 5) is 83.5. The van der Waals surface area contributed by atoms with Crippen molar-refractivity contribution in [2.45, 2.75) is 57.8 Å². The van der Waals surface area contributed by atoms with Gasteiger partial charge in [0.15, 0.2) is 17.3 Å². The number of pyridine rings is 1. The van der Waals surface area contributed by atoms with Gasteiger partial charge in [0.05, 0.1) is 17.0 Å². The smallest absolute Gasteiger partial charge is 0.211 e. The van der Waals surface area contributed by atoms with Crippen LogP contribution in [0.3, 0.4) is 0 Å². The number of aromatic hydroxyl groups is 1. The number of ketones is 6. The molecule has 3 aromatic carbocycles. The van der Waals surface area contributed by atoms with Gasteiger partial charge in [-0.25, -0.2) is 0 Å². The van der Waals surface area contributed by atoms with Gasteiger partial charge < -0.3 is 15.7 Å². The molecule has 0 saturated carbocycles. The lowest BCUT2D eigenvalue weighted by molar-refractivity contribution is -0.118. The third-order valence-electron chi connectivity index (χ3n) is 11.6. The fourth-order valence-corrected chi connectivity index (χ4v) is 9.14. The Morgan fingerprint density at radius 1 is 0.561 bits per heavy atom. The second-order valence-electron chi connectivity index (χ2n) is 16.0. The molecule has 4 aliphatic carbocycles. The molecule has 282 valence electrons. The monoisotopic (exact) mass is 755 g/mol. The zero-order chi connectivity index (χ0) is 39.7. The van der Waals surface area contributed by atoms with Crippen molar-refractivity contribution in [2.24, 2.45) is 5.41 Å². The molecule has 0 saturated heterocycles. The number of hydrogen-bond donors (Lipinski definition) is 3. The molecule has 4 aromatic rings. The minimum Gasteiger partial charge on any atom is -0.508 e. The summed E-state index contributed by atoms with van der Waals surface area (Å²) in [6, 6.07) is 26.0. The number of carbonyl (C=O) groups excluding carboxylic acids is 6. The summed E-state index contributed by atoms with van der Waals surface area (Å²) in [5, 5.41) is 16.0. The van der Waals surface area contributed by atoms with E-state index in [1.165, 1.54) is 18.3 Å². The second-order valence-corrected chi connectivity index (χ2v) is 16.0. The lowest BCUT2D eigenvalue weighted by Gasteiger charge is -2.40. The molecule has 6 aliphatic rings. The van der Waals surface area contributed by atoms with Crippen LogP contribution in [0.5, 0.6) is 5.75 Å². The maximum Gasteiger partial charge on any atom is 0.211 e. The van der Waals surface area contributed by atoms with Crippen molar-refractivity contribution in [1.29, 1.82) is 0 Å². The molecule has 0 spiro atoms. The van der Waals surface area contributed by atoms with Gasteiger partial charge in [0.25, 0.3) is 0 Å². The molecule has 57 heavy (non-hydrogen) atoms. The Morgan fingerprint density at radius 2 is 1.12 bits per heavy atom. The standard InChI is InChI=1S/C24H20N2O3.C23H17NO4/c1-24(2)11-15-18(16(27)12-24)17(13-7-4-3-5-8-13)19-21(26-15)22(28)14-9-6-10-25-20(14)23(19)29;25-13-10-8-12(9-11-13)18-19-16(6-3-7-17(19)26)24-21-20(18)22(27)14-4-1-2-5-15(14)23(21)28/h3-10,17,26H,11-12H2,1-2H3;1-2,4-5,8-11,18,24-25H,3,6-7H2. The highest BCUT2D eigenvalue weighted by atomic mass is 16.3. The number of nitrogens with one attached hydrogen (secondary N) is 2. The Morgan fingerprint density at radius 3 is 1.82 bits per heavy atom. The molecule has 3 N–H and O–H groups in total. The van der Waals surface area contributed by atoms with Gasteiger partial charge in [-0.2, -0.15) is 0 Å². The van der Waals surface area contributed by atoms with E-state index in [1.807, 2.05) is 44.2 Å². The van der Waals surface area contributed by atoms with Crippen LogP contribution in [0.15, 0.2) is 142 Å². The van der Waals surface area contributed by atoms with E-state index in [1.54, 1.807) is 48.5 Å². The molecule has 0 fully saturated rings. The molecule has 0 amide bonds. The zero-order valence-electron chi connectivity index (χ0n) is 31.3. The number of carbonyl (C=O) groups is 6. The van der Waals surface area contributed by atoms with Crippen LogP contribution < -0.4 is 10.6 Å². The van der Waals surface area contributed by atoms with Crippen molar-refractivity contribution in [3.63, 3.8) is 0 Å². The number of rotatable bonds is 2. The SMILES string of the molecule is CC1(C)CC(=O)C2=C(C1)NC1=C(C(=O)c3ncccc3C1=O)C2c1ccccc1.O=C1CCCC2=C1C(c1ccc(O)cc1)C1=C(N2)C(=O)c2ccccc2C1=O. The van der Waals surface area contributed by atoms with Crippen molar-refractivity contribution in [3.8, 4) is 5.75 Å². The van der Waals surface area contributed by atoms with Gasteiger partial charge in [-0.1, -0.05) is 80.6 Å². The van der Waals surface area contributed by atoms with Crippen LogP contribution in [0.2, 0.25) is 0 Å². The first-order valence-electron chi connectivity index (χ1n) is 19.0. The van der Waals surface area contributed by atoms with Crippen LogP contribution in [0, 0.1) is 5.41 Å². The topological polar surface area (TPSA) is 160 Å². The van der Waals surface area contributed by atoms with Crippen LogP contribution in [0.1, 0.15) is 110 Å². The number of allylic oxidation sites excluding steroid dienone is 8. The molecule has 2 aliphatic heterocycles. The lowest BCUT2D eigenvalue weighted by Crippen LogP contribution is -2.42. The number of fused-ring (bicyclic) bond motifs is 2. The predicted octanol–water partition coefficient (Wildman–Crippen LogP) is 7.16. The second kappa shape index (κ2) is 13.4. The van der Waals surface area contributed by atoms with Gasteiger partial charge in [-0.15, -0.1) is 0 Å².